The molecule has 124 valence electrons. The number of rotatable bonds is 3. The van der Waals surface area contributed by atoms with E-state index in [9.17, 15) is 4.79 Å². The fraction of sp³-hybridized carbons (Fsp3) is 0.333. The monoisotopic (exact) mass is 323 g/mol. The van der Waals surface area contributed by atoms with E-state index in [4.69, 9.17) is 0 Å². The number of aryl methyl sites for hydroxylation is 1. The minimum absolute atomic E-state index is 0.246. The normalized spacial score (nSPS) is 18.8. The van der Waals surface area contributed by atoms with Gasteiger partial charge >= 0.3 is 0 Å². The molecule has 0 bridgehead atoms. The van der Waals surface area contributed by atoms with Crippen LogP contribution in [0.2, 0.25) is 0 Å². The van der Waals surface area contributed by atoms with Crippen LogP contribution in [0.4, 0.5) is 5.69 Å². The highest BCUT2D eigenvalue weighted by atomic mass is 16.1. The largest absolute Gasteiger partial charge is 0.357 e. The molecule has 0 saturated heterocycles. The minimum Gasteiger partial charge on any atom is -0.357 e. The number of amidine groups is 1. The van der Waals surface area contributed by atoms with Crippen LogP contribution < -0.4 is 4.90 Å². The summed E-state index contributed by atoms with van der Waals surface area (Å²) < 4.78 is 0. The Labute approximate surface area is 141 Å². The van der Waals surface area contributed by atoms with Crippen molar-refractivity contribution in [3.63, 3.8) is 0 Å². The molecule has 24 heavy (non-hydrogen) atoms. The quantitative estimate of drug-likeness (QED) is 0.803. The first-order valence-electron chi connectivity index (χ1n) is 7.95. The Morgan fingerprint density at radius 3 is 3.00 bits per heavy atom. The lowest BCUT2D eigenvalue weighted by Crippen LogP contribution is -2.37. The summed E-state index contributed by atoms with van der Waals surface area (Å²) in [5.74, 6) is 0.683. The fourth-order valence-corrected chi connectivity index (χ4v) is 3.05. The molecule has 1 atom stereocenters. The molecule has 6 nitrogen and oxygen atoms in total. The maximum Gasteiger partial charge on any atom is 0.276 e. The van der Waals surface area contributed by atoms with Crippen molar-refractivity contribution in [1.29, 1.82) is 0 Å². The van der Waals surface area contributed by atoms with Crippen molar-refractivity contribution < 1.29 is 4.79 Å². The molecule has 0 radical (unpaired) electrons. The van der Waals surface area contributed by atoms with E-state index in [2.05, 4.69) is 38.4 Å². The van der Waals surface area contributed by atoms with Gasteiger partial charge < -0.3 is 9.80 Å². The lowest BCUT2D eigenvalue weighted by molar-refractivity contribution is 0.100. The van der Waals surface area contributed by atoms with Gasteiger partial charge in [0.05, 0.1) is 24.3 Å². The van der Waals surface area contributed by atoms with E-state index < -0.39 is 0 Å². The summed E-state index contributed by atoms with van der Waals surface area (Å²) >= 11 is 0. The summed E-state index contributed by atoms with van der Waals surface area (Å²) in [6, 6.07) is 5.87. The van der Waals surface area contributed by atoms with Gasteiger partial charge in [0.1, 0.15) is 5.84 Å². The van der Waals surface area contributed by atoms with Crippen LogP contribution >= 0.6 is 0 Å². The number of aliphatic imine (C=N–C) groups is 3. The molecule has 0 N–H and O–H groups in total. The Bertz CT molecular complexity index is 778. The number of nitrogens with zero attached hydrogens (tertiary/aromatic N) is 5. The molecule has 1 aromatic rings. The summed E-state index contributed by atoms with van der Waals surface area (Å²) in [7, 11) is 4.04. The standard InChI is InChI=1S/C18H21N5O/c1-5-12-8-13(18(24)19-2)6-7-15(12)23(4)17-9-16-14(10-20-17)21-11-22(16)3/h6-8,10-11,16H,2,5,9H2,1,3-4H3/t16-/m0/s1. The van der Waals surface area contributed by atoms with Crippen LogP contribution in [0, 0.1) is 0 Å². The number of hydrogen-bond donors (Lipinski definition) is 0. The van der Waals surface area contributed by atoms with Gasteiger partial charge in [-0.3, -0.25) is 4.79 Å². The van der Waals surface area contributed by atoms with Gasteiger partial charge in [0, 0.05) is 31.8 Å². The van der Waals surface area contributed by atoms with E-state index >= 15 is 0 Å². The second-order valence-corrected chi connectivity index (χ2v) is 5.95. The molecule has 0 aromatic heterocycles. The van der Waals surface area contributed by atoms with Crippen LogP contribution in [0.5, 0.6) is 0 Å². The van der Waals surface area contributed by atoms with Crippen LogP contribution in [-0.4, -0.2) is 49.8 Å². The second kappa shape index (κ2) is 6.39. The highest BCUT2D eigenvalue weighted by Crippen LogP contribution is 2.28. The van der Waals surface area contributed by atoms with Crippen LogP contribution in [0.15, 0.2) is 45.1 Å². The number of anilines is 1. The van der Waals surface area contributed by atoms with Gasteiger partial charge in [0.15, 0.2) is 0 Å². The first-order valence-corrected chi connectivity index (χ1v) is 7.95. The smallest absolute Gasteiger partial charge is 0.276 e. The summed E-state index contributed by atoms with van der Waals surface area (Å²) in [5.41, 5.74) is 3.70. The Morgan fingerprint density at radius 2 is 2.29 bits per heavy atom. The van der Waals surface area contributed by atoms with E-state index in [0.29, 0.717) is 5.56 Å². The van der Waals surface area contributed by atoms with Crippen molar-refractivity contribution in [2.45, 2.75) is 25.8 Å². The first-order chi connectivity index (χ1) is 11.5. The summed E-state index contributed by atoms with van der Waals surface area (Å²) in [6.07, 6.45) is 5.30. The number of carbonyl (C=O) groups is 1. The van der Waals surface area contributed by atoms with Crippen LogP contribution in [-0.2, 0) is 6.42 Å². The van der Waals surface area contributed by atoms with E-state index in [-0.39, 0.29) is 11.9 Å². The predicted octanol–water partition coefficient (Wildman–Crippen LogP) is 2.51. The third-order valence-electron chi connectivity index (χ3n) is 4.54. The van der Waals surface area contributed by atoms with Gasteiger partial charge in [0.2, 0.25) is 0 Å². The van der Waals surface area contributed by atoms with E-state index in [1.165, 1.54) is 0 Å². The molecule has 1 amide bonds. The van der Waals surface area contributed by atoms with Crippen LogP contribution in [0.3, 0.4) is 0 Å². The van der Waals surface area contributed by atoms with E-state index in [1.807, 2.05) is 38.8 Å². The molecule has 2 aliphatic rings. The molecule has 0 aliphatic carbocycles. The number of amides is 1. The van der Waals surface area contributed by atoms with Gasteiger partial charge in [-0.2, -0.15) is 0 Å². The van der Waals surface area contributed by atoms with E-state index in [0.717, 1.165) is 35.6 Å². The zero-order valence-electron chi connectivity index (χ0n) is 14.2. The number of benzene rings is 1. The average molecular weight is 323 g/mol. The highest BCUT2D eigenvalue weighted by molar-refractivity contribution is 6.01. The molecule has 0 spiro atoms. The topological polar surface area (TPSA) is 60.6 Å². The predicted molar refractivity (Wildman–Crippen MR) is 98.3 cm³/mol. The molecule has 1 aromatic carbocycles. The molecule has 2 aliphatic heterocycles. The summed E-state index contributed by atoms with van der Waals surface area (Å²) in [5, 5.41) is 0. The molecular formula is C18H21N5O. The van der Waals surface area contributed by atoms with Crippen LogP contribution in [0.1, 0.15) is 29.3 Å². The van der Waals surface area contributed by atoms with Crippen LogP contribution in [0.25, 0.3) is 0 Å². The molecule has 0 saturated carbocycles. The summed E-state index contributed by atoms with van der Waals surface area (Å²) in [4.78, 5) is 28.4. The lowest BCUT2D eigenvalue weighted by Gasteiger charge is -2.30. The first kappa shape index (κ1) is 16.1. The Morgan fingerprint density at radius 1 is 1.50 bits per heavy atom. The third kappa shape index (κ3) is 2.75. The van der Waals surface area contributed by atoms with Crippen molar-refractivity contribution in [3.8, 4) is 0 Å². The van der Waals surface area contributed by atoms with Gasteiger partial charge in [-0.1, -0.05) is 6.92 Å². The number of hydrogen-bond acceptors (Lipinski definition) is 5. The maximum atomic E-state index is 11.7. The van der Waals surface area contributed by atoms with Gasteiger partial charge in [0.25, 0.3) is 5.91 Å². The zero-order valence-corrected chi connectivity index (χ0v) is 14.2. The Balaban J connectivity index is 1.90. The molecular weight excluding hydrogens is 302 g/mol. The van der Waals surface area contributed by atoms with Gasteiger partial charge in [-0.05, 0) is 36.9 Å². The van der Waals surface area contributed by atoms with Crippen molar-refractivity contribution in [1.82, 2.24) is 4.90 Å². The van der Waals surface area contributed by atoms with Crippen molar-refractivity contribution >= 4 is 30.5 Å². The SMILES string of the molecule is C=NC(=O)c1ccc(N(C)C2=NC=C3N=CN(C)[C@H]3C2)c(CC)c1. The Hall–Kier alpha value is -2.76. The number of carbonyl (C=O) groups excluding carboxylic acids is 1. The molecule has 0 fully saturated rings. The van der Waals surface area contributed by atoms with Crippen molar-refractivity contribution in [2.24, 2.45) is 15.0 Å². The highest BCUT2D eigenvalue weighted by Gasteiger charge is 2.29. The van der Waals surface area contributed by atoms with Gasteiger partial charge in [-0.15, -0.1) is 0 Å². The average Bonchev–Trinajstić information content (AvgIpc) is 3.00. The molecule has 3 rings (SSSR count). The summed E-state index contributed by atoms with van der Waals surface area (Å²) in [6.45, 7) is 5.38. The fourth-order valence-electron chi connectivity index (χ4n) is 3.05. The van der Waals surface area contributed by atoms with Crippen molar-refractivity contribution in [3.05, 3.63) is 41.2 Å². The number of fused-ring (bicyclic) bond motifs is 1. The maximum absolute atomic E-state index is 11.7. The number of likely N-dealkylation sites (N-methyl/N-ethyl adjacent to an activating group) is 1. The molecule has 2 heterocycles. The van der Waals surface area contributed by atoms with Crippen molar-refractivity contribution in [2.75, 3.05) is 19.0 Å². The van der Waals surface area contributed by atoms with Gasteiger partial charge in [-0.25, -0.2) is 15.0 Å². The minimum atomic E-state index is -0.300. The van der Waals surface area contributed by atoms with E-state index in [1.54, 1.807) is 6.07 Å². The third-order valence-corrected chi connectivity index (χ3v) is 4.54. The Kier molecular flexibility index (Phi) is 4.29. The molecule has 0 unspecified atom stereocenters. The molecule has 6 heteroatoms. The lowest BCUT2D eigenvalue weighted by atomic mass is 10.0. The zero-order chi connectivity index (χ0) is 17.3. The second-order valence-electron chi connectivity index (χ2n) is 5.95.